The lowest BCUT2D eigenvalue weighted by atomic mass is 10.1. The normalized spacial score (nSPS) is 12.8. The van der Waals surface area contributed by atoms with Crippen LogP contribution in [0.4, 0.5) is 0 Å². The van der Waals surface area contributed by atoms with Crippen LogP contribution in [-0.4, -0.2) is 22.6 Å². The second-order valence-electron chi connectivity index (χ2n) is 2.92. The highest BCUT2D eigenvalue weighted by Crippen LogP contribution is 2.04. The van der Waals surface area contributed by atoms with E-state index in [1.54, 1.807) is 0 Å². The van der Waals surface area contributed by atoms with Crippen LogP contribution in [0.3, 0.4) is 0 Å². The van der Waals surface area contributed by atoms with Crippen molar-refractivity contribution in [3.8, 4) is 0 Å². The van der Waals surface area contributed by atoms with Crippen LogP contribution in [0.25, 0.3) is 0 Å². The van der Waals surface area contributed by atoms with Crippen molar-refractivity contribution in [2.75, 3.05) is 6.54 Å². The maximum atomic E-state index is 10.6. The van der Waals surface area contributed by atoms with Gasteiger partial charge in [-0.05, 0) is 12.5 Å². The molecule has 0 aliphatic carbocycles. The number of carbonyl (C=O) groups is 1. The fraction of sp³-hybridized carbons (Fsp3) is 0.571. The summed E-state index contributed by atoms with van der Waals surface area (Å²) in [5, 5.41) is 3.40. The number of nitrogens with two attached hydrogens (primary N) is 2. The molecular formula is C7H12N4O2. The molecule has 0 fully saturated rings. The van der Waals surface area contributed by atoms with Gasteiger partial charge in [0, 0.05) is 6.42 Å². The van der Waals surface area contributed by atoms with E-state index >= 15 is 0 Å². The monoisotopic (exact) mass is 184 g/mol. The molecule has 1 rings (SSSR count). The predicted octanol–water partition coefficient (Wildman–Crippen LogP) is -0.694. The van der Waals surface area contributed by atoms with Gasteiger partial charge in [0.05, 0.1) is 0 Å². The third-order valence-corrected chi connectivity index (χ3v) is 1.61. The largest absolute Gasteiger partial charge is 0.363 e. The molecule has 0 aliphatic heterocycles. The quantitative estimate of drug-likeness (QED) is 0.643. The van der Waals surface area contributed by atoms with Crippen LogP contribution in [0.15, 0.2) is 4.52 Å². The number of hydrogen-bond donors (Lipinski definition) is 2. The van der Waals surface area contributed by atoms with E-state index in [0.29, 0.717) is 18.9 Å². The molecule has 0 spiro atoms. The summed E-state index contributed by atoms with van der Waals surface area (Å²) < 4.78 is 4.78. The molecule has 1 atom stereocenters. The van der Waals surface area contributed by atoms with Gasteiger partial charge in [-0.15, -0.1) is 0 Å². The number of carbonyl (C=O) groups excluding carboxylic acids is 1. The summed E-state index contributed by atoms with van der Waals surface area (Å²) in [6, 6.07) is 0. The van der Waals surface area contributed by atoms with Crippen molar-refractivity contribution in [1.82, 2.24) is 10.1 Å². The summed E-state index contributed by atoms with van der Waals surface area (Å²) in [6.07, 6.45) is 0.566. The van der Waals surface area contributed by atoms with Gasteiger partial charge in [0.15, 0.2) is 0 Å². The van der Waals surface area contributed by atoms with Crippen LogP contribution >= 0.6 is 0 Å². The van der Waals surface area contributed by atoms with E-state index in [1.165, 1.54) is 0 Å². The smallest absolute Gasteiger partial charge is 0.290 e. The van der Waals surface area contributed by atoms with Gasteiger partial charge in [-0.2, -0.15) is 4.98 Å². The van der Waals surface area contributed by atoms with E-state index in [1.807, 2.05) is 6.92 Å². The topological polar surface area (TPSA) is 108 Å². The third kappa shape index (κ3) is 2.51. The fourth-order valence-electron chi connectivity index (χ4n) is 0.819. The van der Waals surface area contributed by atoms with Crippen molar-refractivity contribution < 1.29 is 9.32 Å². The summed E-state index contributed by atoms with van der Waals surface area (Å²) in [5.41, 5.74) is 10.3. The maximum absolute atomic E-state index is 10.6. The summed E-state index contributed by atoms with van der Waals surface area (Å²) in [6.45, 7) is 2.49. The van der Waals surface area contributed by atoms with Crippen LogP contribution in [0.5, 0.6) is 0 Å². The lowest BCUT2D eigenvalue weighted by molar-refractivity contribution is 0.0987. The standard InChI is InChI=1S/C7H12N4O2/c1-4(3-8)2-5-10-7(6(9)12)11-13-5/h4H,2-3,8H2,1H3,(H2,9,12). The van der Waals surface area contributed by atoms with Gasteiger partial charge in [0.2, 0.25) is 5.89 Å². The third-order valence-electron chi connectivity index (χ3n) is 1.61. The Hall–Kier alpha value is -1.43. The Labute approximate surface area is 75.3 Å². The minimum Gasteiger partial charge on any atom is -0.363 e. The first-order valence-corrected chi connectivity index (χ1v) is 3.96. The number of aromatic nitrogens is 2. The number of amides is 1. The van der Waals surface area contributed by atoms with E-state index in [9.17, 15) is 4.79 Å². The molecule has 6 nitrogen and oxygen atoms in total. The molecule has 1 aromatic heterocycles. The highest BCUT2D eigenvalue weighted by molar-refractivity contribution is 5.88. The van der Waals surface area contributed by atoms with Crippen LogP contribution in [-0.2, 0) is 6.42 Å². The van der Waals surface area contributed by atoms with Crippen LogP contribution in [0.2, 0.25) is 0 Å². The zero-order valence-corrected chi connectivity index (χ0v) is 7.36. The molecule has 0 saturated carbocycles. The SMILES string of the molecule is CC(CN)Cc1nc(C(N)=O)no1. The molecule has 72 valence electrons. The molecule has 0 aliphatic rings. The molecule has 1 unspecified atom stereocenters. The first-order chi connectivity index (χ1) is 6.13. The van der Waals surface area contributed by atoms with Gasteiger partial charge in [0.25, 0.3) is 11.7 Å². The molecule has 4 N–H and O–H groups in total. The van der Waals surface area contributed by atoms with Gasteiger partial charge >= 0.3 is 0 Å². The van der Waals surface area contributed by atoms with E-state index in [2.05, 4.69) is 10.1 Å². The Morgan fingerprint density at radius 3 is 2.85 bits per heavy atom. The highest BCUT2D eigenvalue weighted by atomic mass is 16.5. The van der Waals surface area contributed by atoms with Crippen molar-refractivity contribution in [2.24, 2.45) is 17.4 Å². The maximum Gasteiger partial charge on any atom is 0.290 e. The van der Waals surface area contributed by atoms with Gasteiger partial charge in [-0.3, -0.25) is 4.79 Å². The molecule has 0 saturated heterocycles. The van der Waals surface area contributed by atoms with Gasteiger partial charge in [-0.25, -0.2) is 0 Å². The molecule has 1 aromatic rings. The number of nitrogens with zero attached hydrogens (tertiary/aromatic N) is 2. The number of rotatable bonds is 4. The van der Waals surface area contributed by atoms with Gasteiger partial charge in [0.1, 0.15) is 0 Å². The summed E-state index contributed by atoms with van der Waals surface area (Å²) in [7, 11) is 0. The van der Waals surface area contributed by atoms with Crippen molar-refractivity contribution in [3.63, 3.8) is 0 Å². The lowest BCUT2D eigenvalue weighted by Crippen LogP contribution is -2.14. The van der Waals surface area contributed by atoms with Crippen molar-refractivity contribution in [3.05, 3.63) is 11.7 Å². The predicted molar refractivity (Wildman–Crippen MR) is 44.7 cm³/mol. The molecule has 1 heterocycles. The molecule has 1 amide bonds. The van der Waals surface area contributed by atoms with E-state index in [4.69, 9.17) is 16.0 Å². The highest BCUT2D eigenvalue weighted by Gasteiger charge is 2.12. The van der Waals surface area contributed by atoms with Crippen LogP contribution < -0.4 is 11.5 Å². The Balaban J connectivity index is 2.64. The summed E-state index contributed by atoms with van der Waals surface area (Å²) >= 11 is 0. The van der Waals surface area contributed by atoms with Crippen LogP contribution in [0, 0.1) is 5.92 Å². The van der Waals surface area contributed by atoms with E-state index < -0.39 is 5.91 Å². The molecule has 0 aromatic carbocycles. The van der Waals surface area contributed by atoms with Crippen LogP contribution in [0.1, 0.15) is 23.4 Å². The Kier molecular flexibility index (Phi) is 2.97. The molecule has 6 heteroatoms. The van der Waals surface area contributed by atoms with Gasteiger partial charge < -0.3 is 16.0 Å². The second-order valence-corrected chi connectivity index (χ2v) is 2.92. The zero-order chi connectivity index (χ0) is 9.84. The number of primary amides is 1. The van der Waals surface area contributed by atoms with E-state index in [-0.39, 0.29) is 11.7 Å². The minimum absolute atomic E-state index is 0.0841. The Morgan fingerprint density at radius 2 is 2.38 bits per heavy atom. The Bertz CT molecular complexity index is 296. The van der Waals surface area contributed by atoms with Crippen molar-refractivity contribution in [1.29, 1.82) is 0 Å². The van der Waals surface area contributed by atoms with Gasteiger partial charge in [-0.1, -0.05) is 12.1 Å². The first kappa shape index (κ1) is 9.66. The zero-order valence-electron chi connectivity index (χ0n) is 7.36. The van der Waals surface area contributed by atoms with Crippen molar-refractivity contribution >= 4 is 5.91 Å². The molecular weight excluding hydrogens is 172 g/mol. The molecule has 0 bridgehead atoms. The summed E-state index contributed by atoms with van der Waals surface area (Å²) in [4.78, 5) is 14.4. The fourth-order valence-corrected chi connectivity index (χ4v) is 0.819. The Morgan fingerprint density at radius 1 is 1.69 bits per heavy atom. The average molecular weight is 184 g/mol. The first-order valence-electron chi connectivity index (χ1n) is 3.96. The van der Waals surface area contributed by atoms with E-state index in [0.717, 1.165) is 0 Å². The van der Waals surface area contributed by atoms with Crippen molar-refractivity contribution in [2.45, 2.75) is 13.3 Å². The second kappa shape index (κ2) is 3.99. The lowest BCUT2D eigenvalue weighted by Gasteiger charge is -2.01. The minimum atomic E-state index is -0.685. The molecule has 13 heavy (non-hydrogen) atoms. The summed E-state index contributed by atoms with van der Waals surface area (Å²) in [5.74, 6) is -0.123. The number of hydrogen-bond acceptors (Lipinski definition) is 5. The average Bonchev–Trinajstić information content (AvgIpc) is 2.52. The molecule has 0 radical (unpaired) electrons.